The molecule has 2 aromatic carbocycles. The smallest absolute Gasteiger partial charge is 0.243 e. The highest BCUT2D eigenvalue weighted by Gasteiger charge is 2.30. The standard InChI is InChI=1S/C30H42N4O4/c1-4-9-25-28(36)31-17-8-7-11-22-10-5-6-12-23(22)19-32-26(18-21-13-15-24(35)16-14-21)29(37)34-27(20(2)3)30(38)33-25/h5-6,10,12-16,20,25-27,32,35H,4,7-9,11,17-19H2,1-3H3,(H,31,36)(H,33,38)(H,34,37)/t25-,26+,27+/m0/s1. The van der Waals surface area contributed by atoms with E-state index in [9.17, 15) is 19.5 Å². The summed E-state index contributed by atoms with van der Waals surface area (Å²) in [6.45, 7) is 6.77. The first-order valence-corrected chi connectivity index (χ1v) is 13.7. The van der Waals surface area contributed by atoms with Gasteiger partial charge < -0.3 is 26.4 Å². The van der Waals surface area contributed by atoms with E-state index in [0.29, 0.717) is 25.9 Å². The second-order valence-corrected chi connectivity index (χ2v) is 10.4. The SMILES string of the molecule is CCC[C@@H]1NC(=O)[C@@H](C(C)C)NC(=O)[C@@H](Cc2ccc(O)cc2)NCc2ccccc2CCCCNC1=O. The van der Waals surface area contributed by atoms with Crippen molar-refractivity contribution in [1.82, 2.24) is 21.3 Å². The molecule has 38 heavy (non-hydrogen) atoms. The van der Waals surface area contributed by atoms with Gasteiger partial charge in [-0.15, -0.1) is 0 Å². The van der Waals surface area contributed by atoms with Crippen molar-refractivity contribution in [1.29, 1.82) is 0 Å². The Bertz CT molecular complexity index is 1070. The summed E-state index contributed by atoms with van der Waals surface area (Å²) in [4.78, 5) is 39.8. The summed E-state index contributed by atoms with van der Waals surface area (Å²) in [5.74, 6) is -0.853. The van der Waals surface area contributed by atoms with Crippen LogP contribution in [0.2, 0.25) is 0 Å². The van der Waals surface area contributed by atoms with Crippen LogP contribution in [0.5, 0.6) is 5.75 Å². The molecule has 3 amide bonds. The molecule has 0 radical (unpaired) electrons. The molecule has 0 unspecified atom stereocenters. The third-order valence-electron chi connectivity index (χ3n) is 6.98. The zero-order valence-corrected chi connectivity index (χ0v) is 22.8. The van der Waals surface area contributed by atoms with E-state index in [1.807, 2.05) is 32.9 Å². The lowest BCUT2D eigenvalue weighted by atomic mass is 9.99. The number of phenolic OH excluding ortho intramolecular Hbond substituents is 1. The van der Waals surface area contributed by atoms with Crippen molar-refractivity contribution < 1.29 is 19.5 Å². The number of hydrogen-bond acceptors (Lipinski definition) is 5. The van der Waals surface area contributed by atoms with E-state index >= 15 is 0 Å². The molecule has 0 bridgehead atoms. The molecular weight excluding hydrogens is 480 g/mol. The van der Waals surface area contributed by atoms with Crippen LogP contribution in [-0.2, 0) is 33.8 Å². The number of nitrogens with one attached hydrogen (secondary N) is 4. The highest BCUT2D eigenvalue weighted by Crippen LogP contribution is 2.15. The molecule has 0 fully saturated rings. The van der Waals surface area contributed by atoms with Gasteiger partial charge in [0.2, 0.25) is 17.7 Å². The molecule has 0 spiro atoms. The molecule has 3 atom stereocenters. The van der Waals surface area contributed by atoms with Crippen molar-refractivity contribution in [3.63, 3.8) is 0 Å². The third kappa shape index (κ3) is 8.58. The number of benzene rings is 2. The summed E-state index contributed by atoms with van der Waals surface area (Å²) in [6.07, 6.45) is 4.27. The van der Waals surface area contributed by atoms with Gasteiger partial charge in [0.15, 0.2) is 0 Å². The number of rotatable bonds is 5. The number of carbonyl (C=O) groups is 3. The van der Waals surface area contributed by atoms with Crippen LogP contribution in [0.4, 0.5) is 0 Å². The fraction of sp³-hybridized carbons (Fsp3) is 0.500. The first-order valence-electron chi connectivity index (χ1n) is 13.7. The minimum absolute atomic E-state index is 0.163. The number of aryl methyl sites for hydroxylation is 1. The van der Waals surface area contributed by atoms with Crippen LogP contribution >= 0.6 is 0 Å². The van der Waals surface area contributed by atoms with Gasteiger partial charge >= 0.3 is 0 Å². The molecule has 8 nitrogen and oxygen atoms in total. The molecule has 1 aliphatic heterocycles. The molecule has 1 aliphatic rings. The van der Waals surface area contributed by atoms with Gasteiger partial charge in [0.05, 0.1) is 6.04 Å². The van der Waals surface area contributed by atoms with Crippen LogP contribution in [0, 0.1) is 5.92 Å². The van der Waals surface area contributed by atoms with Crippen LogP contribution in [-0.4, -0.2) is 47.5 Å². The van der Waals surface area contributed by atoms with E-state index in [0.717, 1.165) is 36.8 Å². The Labute approximate surface area is 226 Å². The Morgan fingerprint density at radius 2 is 1.58 bits per heavy atom. The summed E-state index contributed by atoms with van der Waals surface area (Å²) in [7, 11) is 0. The molecular formula is C30H42N4O4. The van der Waals surface area contributed by atoms with Gasteiger partial charge in [0, 0.05) is 13.1 Å². The summed E-state index contributed by atoms with van der Waals surface area (Å²) < 4.78 is 0. The number of fused-ring (bicyclic) bond motifs is 1. The predicted octanol–water partition coefficient (Wildman–Crippen LogP) is 2.97. The van der Waals surface area contributed by atoms with Crippen LogP contribution in [0.1, 0.15) is 63.1 Å². The van der Waals surface area contributed by atoms with E-state index < -0.39 is 18.1 Å². The molecule has 2 aromatic rings. The lowest BCUT2D eigenvalue weighted by Crippen LogP contribution is -2.58. The molecule has 1 heterocycles. The second-order valence-electron chi connectivity index (χ2n) is 10.4. The third-order valence-corrected chi connectivity index (χ3v) is 6.98. The summed E-state index contributed by atoms with van der Waals surface area (Å²) in [6, 6.07) is 12.9. The molecule has 0 aliphatic carbocycles. The fourth-order valence-corrected chi connectivity index (χ4v) is 4.72. The summed E-state index contributed by atoms with van der Waals surface area (Å²) in [5, 5.41) is 21.9. The van der Waals surface area contributed by atoms with Gasteiger partial charge in [0.1, 0.15) is 17.8 Å². The Hall–Kier alpha value is -3.39. The first-order chi connectivity index (χ1) is 18.3. The quantitative estimate of drug-likeness (QED) is 0.414. The highest BCUT2D eigenvalue weighted by atomic mass is 16.3. The van der Waals surface area contributed by atoms with Gasteiger partial charge in [-0.05, 0) is 66.8 Å². The van der Waals surface area contributed by atoms with Gasteiger partial charge in [-0.1, -0.05) is 63.6 Å². The average Bonchev–Trinajstić information content (AvgIpc) is 2.90. The molecule has 0 saturated carbocycles. The normalized spacial score (nSPS) is 22.1. The zero-order valence-electron chi connectivity index (χ0n) is 22.8. The average molecular weight is 523 g/mol. The maximum Gasteiger partial charge on any atom is 0.243 e. The summed E-state index contributed by atoms with van der Waals surface area (Å²) >= 11 is 0. The summed E-state index contributed by atoms with van der Waals surface area (Å²) in [5.41, 5.74) is 3.21. The Kier molecular flexibility index (Phi) is 11.1. The maximum absolute atomic E-state index is 13.6. The van der Waals surface area contributed by atoms with E-state index in [1.165, 1.54) is 5.56 Å². The van der Waals surface area contributed by atoms with Crippen molar-refractivity contribution in [3.8, 4) is 5.75 Å². The Morgan fingerprint density at radius 1 is 0.868 bits per heavy atom. The van der Waals surface area contributed by atoms with E-state index in [-0.39, 0.29) is 29.4 Å². The molecule has 8 heteroatoms. The molecule has 206 valence electrons. The number of amides is 3. The molecule has 0 aromatic heterocycles. The minimum Gasteiger partial charge on any atom is -0.508 e. The van der Waals surface area contributed by atoms with E-state index in [4.69, 9.17) is 0 Å². The zero-order chi connectivity index (χ0) is 27.5. The molecule has 0 saturated heterocycles. The monoisotopic (exact) mass is 522 g/mol. The van der Waals surface area contributed by atoms with Gasteiger partial charge in [0.25, 0.3) is 0 Å². The number of hydrogen-bond donors (Lipinski definition) is 5. The van der Waals surface area contributed by atoms with Gasteiger partial charge in [-0.25, -0.2) is 0 Å². The van der Waals surface area contributed by atoms with Crippen molar-refractivity contribution in [2.45, 2.75) is 84.0 Å². The van der Waals surface area contributed by atoms with Crippen molar-refractivity contribution >= 4 is 17.7 Å². The Morgan fingerprint density at radius 3 is 2.26 bits per heavy atom. The van der Waals surface area contributed by atoms with Crippen LogP contribution in [0.15, 0.2) is 48.5 Å². The van der Waals surface area contributed by atoms with Crippen LogP contribution < -0.4 is 21.3 Å². The van der Waals surface area contributed by atoms with E-state index in [1.54, 1.807) is 24.3 Å². The largest absolute Gasteiger partial charge is 0.508 e. The number of carbonyl (C=O) groups excluding carboxylic acids is 3. The van der Waals surface area contributed by atoms with Gasteiger partial charge in [-0.2, -0.15) is 0 Å². The maximum atomic E-state index is 13.6. The fourth-order valence-electron chi connectivity index (χ4n) is 4.72. The van der Waals surface area contributed by atoms with E-state index in [2.05, 4.69) is 33.4 Å². The van der Waals surface area contributed by atoms with Gasteiger partial charge in [-0.3, -0.25) is 14.4 Å². The lowest BCUT2D eigenvalue weighted by Gasteiger charge is -2.27. The minimum atomic E-state index is -0.790. The molecule has 3 rings (SSSR count). The highest BCUT2D eigenvalue weighted by molar-refractivity contribution is 5.93. The number of phenols is 1. The topological polar surface area (TPSA) is 120 Å². The molecule has 5 N–H and O–H groups in total. The lowest BCUT2D eigenvalue weighted by molar-refractivity contribution is -0.133. The second kappa shape index (κ2) is 14.5. The van der Waals surface area contributed by atoms with Crippen LogP contribution in [0.3, 0.4) is 0 Å². The van der Waals surface area contributed by atoms with Crippen LogP contribution in [0.25, 0.3) is 0 Å². The van der Waals surface area contributed by atoms with Crippen molar-refractivity contribution in [2.75, 3.05) is 6.54 Å². The van der Waals surface area contributed by atoms with Crippen molar-refractivity contribution in [2.24, 2.45) is 5.92 Å². The first kappa shape index (κ1) is 29.2. The van der Waals surface area contributed by atoms with Crippen molar-refractivity contribution in [3.05, 3.63) is 65.2 Å². The number of aromatic hydroxyl groups is 1. The Balaban J connectivity index is 1.90. The predicted molar refractivity (Wildman–Crippen MR) is 148 cm³/mol.